The minimum Gasteiger partial charge on any atom is -0.294 e. The molecule has 17 heavy (non-hydrogen) atoms. The van der Waals surface area contributed by atoms with Gasteiger partial charge in [-0.2, -0.15) is 0 Å². The minimum absolute atomic E-state index is 0.159. The zero-order valence-electron chi connectivity index (χ0n) is 9.96. The molecule has 2 aromatic heterocycles. The van der Waals surface area contributed by atoms with Crippen LogP contribution in [0.5, 0.6) is 0 Å². The van der Waals surface area contributed by atoms with Gasteiger partial charge < -0.3 is 0 Å². The van der Waals surface area contributed by atoms with Crippen molar-refractivity contribution < 1.29 is 4.79 Å². The Bertz CT molecular complexity index is 566. The Labute approximate surface area is 114 Å². The van der Waals surface area contributed by atoms with E-state index in [1.165, 1.54) is 21.1 Å². The molecular formula is C13H13ClOS2. The van der Waals surface area contributed by atoms with E-state index < -0.39 is 0 Å². The van der Waals surface area contributed by atoms with Crippen LogP contribution in [-0.4, -0.2) is 5.78 Å². The van der Waals surface area contributed by atoms with E-state index in [4.69, 9.17) is 11.6 Å². The number of aryl methyl sites for hydroxylation is 3. The first-order valence-corrected chi connectivity index (χ1v) is 7.33. The number of ketones is 1. The van der Waals surface area contributed by atoms with Crippen LogP contribution in [0, 0.1) is 20.8 Å². The van der Waals surface area contributed by atoms with Crippen molar-refractivity contribution in [1.82, 2.24) is 0 Å². The maximum atomic E-state index is 12.2. The van der Waals surface area contributed by atoms with E-state index in [2.05, 4.69) is 19.9 Å². The minimum atomic E-state index is 0.159. The van der Waals surface area contributed by atoms with Gasteiger partial charge in [0, 0.05) is 26.6 Å². The maximum Gasteiger partial charge on any atom is 0.168 e. The molecule has 0 aromatic carbocycles. The molecule has 0 spiro atoms. The van der Waals surface area contributed by atoms with E-state index in [9.17, 15) is 4.79 Å². The fourth-order valence-electron chi connectivity index (χ4n) is 1.85. The molecule has 0 saturated carbocycles. The molecule has 2 rings (SSSR count). The van der Waals surface area contributed by atoms with E-state index in [0.29, 0.717) is 10.8 Å². The molecule has 0 aliphatic heterocycles. The zero-order chi connectivity index (χ0) is 12.6. The average Bonchev–Trinajstić information content (AvgIpc) is 2.70. The van der Waals surface area contributed by atoms with Gasteiger partial charge in [0.25, 0.3) is 0 Å². The maximum absolute atomic E-state index is 12.2. The number of halogens is 1. The van der Waals surface area contributed by atoms with Crippen LogP contribution in [-0.2, 0) is 6.42 Å². The molecule has 2 heterocycles. The molecule has 0 N–H and O–H groups in total. The van der Waals surface area contributed by atoms with E-state index in [0.717, 1.165) is 16.0 Å². The average molecular weight is 285 g/mol. The van der Waals surface area contributed by atoms with Crippen molar-refractivity contribution in [2.24, 2.45) is 0 Å². The van der Waals surface area contributed by atoms with Gasteiger partial charge in [0.15, 0.2) is 5.78 Å². The Morgan fingerprint density at radius 1 is 1.18 bits per heavy atom. The zero-order valence-corrected chi connectivity index (χ0v) is 12.4. The number of carbonyl (C=O) groups is 1. The van der Waals surface area contributed by atoms with Gasteiger partial charge in [0.05, 0.1) is 4.34 Å². The summed E-state index contributed by atoms with van der Waals surface area (Å²) in [6.45, 7) is 6.07. The second kappa shape index (κ2) is 4.92. The summed E-state index contributed by atoms with van der Waals surface area (Å²) < 4.78 is 0.684. The summed E-state index contributed by atoms with van der Waals surface area (Å²) in [5.41, 5.74) is 1.91. The lowest BCUT2D eigenvalue weighted by Gasteiger charge is -1.99. The Balaban J connectivity index is 2.22. The second-order valence-electron chi connectivity index (χ2n) is 4.06. The highest BCUT2D eigenvalue weighted by Gasteiger charge is 2.15. The molecule has 0 amide bonds. The number of carbonyl (C=O) groups excluding carboxylic acids is 1. The first-order chi connectivity index (χ1) is 7.97. The van der Waals surface area contributed by atoms with Gasteiger partial charge in [0.1, 0.15) is 0 Å². The van der Waals surface area contributed by atoms with Crippen LogP contribution in [0.3, 0.4) is 0 Å². The van der Waals surface area contributed by atoms with Gasteiger partial charge in [-0.15, -0.1) is 22.7 Å². The highest BCUT2D eigenvalue weighted by Crippen LogP contribution is 2.28. The predicted octanol–water partition coefficient (Wildman–Crippen LogP) is 4.81. The van der Waals surface area contributed by atoms with Gasteiger partial charge in [-0.3, -0.25) is 4.79 Å². The van der Waals surface area contributed by atoms with Gasteiger partial charge in [0.2, 0.25) is 0 Å². The first-order valence-electron chi connectivity index (χ1n) is 5.32. The fourth-order valence-corrected chi connectivity index (χ4v) is 4.00. The molecule has 0 unspecified atom stereocenters. The van der Waals surface area contributed by atoms with Gasteiger partial charge in [-0.25, -0.2) is 0 Å². The molecule has 0 radical (unpaired) electrons. The van der Waals surface area contributed by atoms with Crippen LogP contribution in [0.25, 0.3) is 0 Å². The summed E-state index contributed by atoms with van der Waals surface area (Å²) in [5, 5.41) is 0. The number of hydrogen-bond donors (Lipinski definition) is 0. The quantitative estimate of drug-likeness (QED) is 0.739. The second-order valence-corrected chi connectivity index (χ2v) is 7.41. The van der Waals surface area contributed by atoms with Crippen LogP contribution in [0.15, 0.2) is 12.1 Å². The van der Waals surface area contributed by atoms with E-state index in [-0.39, 0.29) is 5.78 Å². The highest BCUT2D eigenvalue weighted by molar-refractivity contribution is 7.16. The van der Waals surface area contributed by atoms with Gasteiger partial charge >= 0.3 is 0 Å². The number of rotatable bonds is 3. The normalized spacial score (nSPS) is 10.8. The fraction of sp³-hybridized carbons (Fsp3) is 0.308. The summed E-state index contributed by atoms with van der Waals surface area (Å²) in [4.78, 5) is 15.7. The monoisotopic (exact) mass is 284 g/mol. The Kier molecular flexibility index (Phi) is 3.71. The lowest BCUT2D eigenvalue weighted by molar-refractivity contribution is 0.0993. The topological polar surface area (TPSA) is 17.1 Å². The number of Topliss-reactive ketones (excluding diaryl/α,β-unsaturated/α-hetero) is 1. The summed E-state index contributed by atoms with van der Waals surface area (Å²) in [6, 6.07) is 3.87. The summed E-state index contributed by atoms with van der Waals surface area (Å²) in [7, 11) is 0. The molecule has 0 atom stereocenters. The van der Waals surface area contributed by atoms with E-state index in [1.54, 1.807) is 17.4 Å². The SMILES string of the molecule is Cc1cc(CC(=O)c2cc(Cl)sc2C)c(C)s1. The van der Waals surface area contributed by atoms with Crippen molar-refractivity contribution in [2.45, 2.75) is 27.2 Å². The standard InChI is InChI=1S/C13H13ClOS2/c1-7-4-10(8(2)16-7)5-12(15)11-6-13(14)17-9(11)3/h4,6H,5H2,1-3H3. The molecule has 90 valence electrons. The first kappa shape index (κ1) is 12.8. The summed E-state index contributed by atoms with van der Waals surface area (Å²) in [6.07, 6.45) is 0.476. The molecule has 4 heteroatoms. The van der Waals surface area contributed by atoms with Gasteiger partial charge in [-0.1, -0.05) is 11.6 Å². The number of hydrogen-bond acceptors (Lipinski definition) is 3. The van der Waals surface area contributed by atoms with Crippen LogP contribution in [0.4, 0.5) is 0 Å². The lowest BCUT2D eigenvalue weighted by atomic mass is 10.0. The summed E-state index contributed by atoms with van der Waals surface area (Å²) >= 11 is 9.12. The van der Waals surface area contributed by atoms with Crippen molar-refractivity contribution in [3.05, 3.63) is 42.2 Å². The van der Waals surface area contributed by atoms with Crippen molar-refractivity contribution in [3.8, 4) is 0 Å². The predicted molar refractivity (Wildman–Crippen MR) is 75.9 cm³/mol. The van der Waals surface area contributed by atoms with Crippen LogP contribution >= 0.6 is 34.3 Å². The van der Waals surface area contributed by atoms with Crippen molar-refractivity contribution in [1.29, 1.82) is 0 Å². The summed E-state index contributed by atoms with van der Waals surface area (Å²) in [5.74, 6) is 0.159. The van der Waals surface area contributed by atoms with Crippen molar-refractivity contribution in [2.75, 3.05) is 0 Å². The smallest absolute Gasteiger partial charge is 0.168 e. The molecule has 0 aliphatic rings. The third-order valence-electron chi connectivity index (χ3n) is 2.68. The van der Waals surface area contributed by atoms with Crippen molar-refractivity contribution >= 4 is 40.1 Å². The molecular weight excluding hydrogens is 272 g/mol. The van der Waals surface area contributed by atoms with Gasteiger partial charge in [-0.05, 0) is 38.5 Å². The van der Waals surface area contributed by atoms with Crippen LogP contribution in [0.2, 0.25) is 4.34 Å². The molecule has 1 nitrogen and oxygen atoms in total. The van der Waals surface area contributed by atoms with E-state index >= 15 is 0 Å². The Hall–Kier alpha value is -0.640. The molecule has 0 bridgehead atoms. The molecule has 0 aliphatic carbocycles. The third-order valence-corrected chi connectivity index (χ3v) is 4.87. The van der Waals surface area contributed by atoms with Crippen LogP contribution < -0.4 is 0 Å². The lowest BCUT2D eigenvalue weighted by Crippen LogP contribution is -2.03. The number of thiophene rings is 2. The molecule has 2 aromatic rings. The Morgan fingerprint density at radius 2 is 1.88 bits per heavy atom. The Morgan fingerprint density at radius 3 is 2.35 bits per heavy atom. The molecule has 0 fully saturated rings. The van der Waals surface area contributed by atoms with Crippen molar-refractivity contribution in [3.63, 3.8) is 0 Å². The largest absolute Gasteiger partial charge is 0.294 e. The third kappa shape index (κ3) is 2.79. The van der Waals surface area contributed by atoms with E-state index in [1.807, 2.05) is 6.92 Å². The highest BCUT2D eigenvalue weighted by atomic mass is 35.5. The molecule has 0 saturated heterocycles. The van der Waals surface area contributed by atoms with Crippen LogP contribution in [0.1, 0.15) is 30.6 Å².